The van der Waals surface area contributed by atoms with Gasteiger partial charge in [0.15, 0.2) is 0 Å². The third-order valence-electron chi connectivity index (χ3n) is 1.78. The fourth-order valence-corrected chi connectivity index (χ4v) is 0.975. The van der Waals surface area contributed by atoms with Gasteiger partial charge in [-0.2, -0.15) is 6.20 Å². The fraction of sp³-hybridized carbons (Fsp3) is 0.158. The van der Waals surface area contributed by atoms with Crippen molar-refractivity contribution in [2.24, 2.45) is 5.92 Å². The predicted octanol–water partition coefficient (Wildman–Crippen LogP) is 3.00. The van der Waals surface area contributed by atoms with Gasteiger partial charge in [-0.15, -0.1) is 5.70 Å². The Morgan fingerprint density at radius 1 is 0.900 bits per heavy atom. The Labute approximate surface area is 121 Å². The minimum Gasteiger partial charge on any atom is -0.664 e. The van der Waals surface area contributed by atoms with Crippen molar-refractivity contribution in [2.75, 3.05) is 0 Å². The molecule has 94 valence electrons. The maximum atomic E-state index is 4.10. The van der Waals surface area contributed by atoms with E-state index in [9.17, 15) is 0 Å². The molecule has 0 saturated heterocycles. The first-order valence-corrected chi connectivity index (χ1v) is 6.04. The summed E-state index contributed by atoms with van der Waals surface area (Å²) in [4.78, 5) is 0. The summed E-state index contributed by atoms with van der Waals surface area (Å²) in [6, 6.07) is 0. The predicted molar refractivity (Wildman–Crippen MR) is 83.4 cm³/mol. The van der Waals surface area contributed by atoms with E-state index >= 15 is 0 Å². The second-order valence-corrected chi connectivity index (χ2v) is 3.84. The van der Waals surface area contributed by atoms with E-state index in [1.165, 1.54) is 0 Å². The average molecular weight is 254 g/mol. The van der Waals surface area contributed by atoms with Gasteiger partial charge in [0, 0.05) is 5.92 Å². The van der Waals surface area contributed by atoms with Crippen molar-refractivity contribution in [1.29, 1.82) is 0 Å². The van der Waals surface area contributed by atoms with Crippen molar-refractivity contribution in [3.8, 4) is 59.2 Å². The zero-order valence-corrected chi connectivity index (χ0v) is 11.4. The monoisotopic (exact) mass is 254 g/mol. The maximum Gasteiger partial charge on any atom is 0.0156 e. The lowest BCUT2D eigenvalue weighted by Crippen LogP contribution is -1.75. The normalized spacial score (nSPS) is 12.1. The number of allylic oxidation sites excluding steroid dienone is 4. The zero-order chi connectivity index (χ0) is 14.5. The molecule has 0 aromatic carbocycles. The molecule has 0 atom stereocenters. The molecule has 0 fully saturated rings. The second-order valence-electron chi connectivity index (χ2n) is 3.84. The molecule has 0 N–H and O–H groups in total. The van der Waals surface area contributed by atoms with Crippen molar-refractivity contribution in [1.82, 2.24) is 0 Å². The van der Waals surface area contributed by atoms with Gasteiger partial charge in [0.05, 0.1) is 0 Å². The van der Waals surface area contributed by atoms with E-state index in [2.05, 4.69) is 64.5 Å². The molecule has 0 unspecified atom stereocenters. The van der Waals surface area contributed by atoms with Crippen LogP contribution in [0.1, 0.15) is 13.8 Å². The highest BCUT2D eigenvalue weighted by Crippen LogP contribution is 2.11. The lowest BCUT2D eigenvalue weighted by Gasteiger charge is -2.18. The molecule has 0 saturated carbocycles. The molecule has 0 radical (unpaired) electrons. The Balaban J connectivity index is 2.44. The molecule has 1 heterocycles. The van der Waals surface area contributed by atoms with Crippen LogP contribution in [0.2, 0.25) is 0 Å². The third-order valence-corrected chi connectivity index (χ3v) is 1.78. The van der Waals surface area contributed by atoms with Gasteiger partial charge in [0.2, 0.25) is 0 Å². The molecule has 1 nitrogen and oxygen atoms in total. The topological polar surface area (TPSA) is 14.1 Å². The van der Waals surface area contributed by atoms with E-state index in [4.69, 9.17) is 0 Å². The molecule has 1 rings (SSSR count). The van der Waals surface area contributed by atoms with Gasteiger partial charge < -0.3 is 5.32 Å². The first-order chi connectivity index (χ1) is 9.79. The van der Waals surface area contributed by atoms with Crippen LogP contribution in [0.3, 0.4) is 0 Å². The van der Waals surface area contributed by atoms with E-state index in [1.54, 1.807) is 12.3 Å². The average Bonchev–Trinajstić information content (AvgIpc) is 2.45. The molecule has 1 heteroatoms. The van der Waals surface area contributed by atoms with E-state index in [0.29, 0.717) is 5.92 Å². The molecule has 0 amide bonds. The Bertz CT molecular complexity index is 731. The van der Waals surface area contributed by atoms with Gasteiger partial charge in [-0.1, -0.05) is 43.9 Å². The van der Waals surface area contributed by atoms with Gasteiger partial charge in [-0.3, -0.25) is 0 Å². The SMILES string of the molecule is CC(C)C#CC#CC#CC#CC#C/C=C1\C=CC=C[N-]1. The quantitative estimate of drug-likeness (QED) is 0.590. The summed E-state index contributed by atoms with van der Waals surface area (Å²) in [6.45, 7) is 4.01. The lowest BCUT2D eigenvalue weighted by molar-refractivity contribution is 0.867. The first-order valence-electron chi connectivity index (χ1n) is 6.04. The van der Waals surface area contributed by atoms with Crippen molar-refractivity contribution >= 4 is 0 Å². The molecule has 0 spiro atoms. The third kappa shape index (κ3) is 7.99. The van der Waals surface area contributed by atoms with Crippen LogP contribution in [0.4, 0.5) is 0 Å². The minimum absolute atomic E-state index is 0.322. The number of hydrogen-bond acceptors (Lipinski definition) is 0. The van der Waals surface area contributed by atoms with Crippen molar-refractivity contribution < 1.29 is 0 Å². The molecule has 0 aliphatic carbocycles. The highest BCUT2D eigenvalue weighted by molar-refractivity contribution is 5.47. The van der Waals surface area contributed by atoms with Crippen LogP contribution in [0.15, 0.2) is 36.2 Å². The molecular weight excluding hydrogens is 242 g/mol. The van der Waals surface area contributed by atoms with E-state index < -0.39 is 0 Å². The summed E-state index contributed by atoms with van der Waals surface area (Å²) in [5.41, 5.74) is 0.808. The van der Waals surface area contributed by atoms with E-state index in [-0.39, 0.29) is 0 Å². The molecular formula is C19H12N-. The van der Waals surface area contributed by atoms with Crippen molar-refractivity contribution in [3.63, 3.8) is 0 Å². The maximum absolute atomic E-state index is 4.10. The smallest absolute Gasteiger partial charge is 0.0156 e. The lowest BCUT2D eigenvalue weighted by atomic mass is 10.2. The zero-order valence-electron chi connectivity index (χ0n) is 11.4. The summed E-state index contributed by atoms with van der Waals surface area (Å²) in [5.74, 6) is 27.0. The summed E-state index contributed by atoms with van der Waals surface area (Å²) < 4.78 is 0. The van der Waals surface area contributed by atoms with Gasteiger partial charge in [-0.25, -0.2) is 0 Å². The van der Waals surface area contributed by atoms with Crippen LogP contribution >= 0.6 is 0 Å². The van der Waals surface area contributed by atoms with Crippen LogP contribution in [0.5, 0.6) is 0 Å². The molecule has 1 aliphatic rings. The van der Waals surface area contributed by atoms with Gasteiger partial charge >= 0.3 is 0 Å². The van der Waals surface area contributed by atoms with Crippen LogP contribution in [-0.4, -0.2) is 0 Å². The number of hydrogen-bond donors (Lipinski definition) is 0. The van der Waals surface area contributed by atoms with E-state index in [1.807, 2.05) is 32.1 Å². The second kappa shape index (κ2) is 9.81. The van der Waals surface area contributed by atoms with Crippen molar-refractivity contribution in [3.05, 3.63) is 41.5 Å². The molecule has 0 aromatic rings. The van der Waals surface area contributed by atoms with Crippen molar-refractivity contribution in [2.45, 2.75) is 13.8 Å². The molecule has 20 heavy (non-hydrogen) atoms. The van der Waals surface area contributed by atoms with Gasteiger partial charge in [-0.05, 0) is 53.4 Å². The summed E-state index contributed by atoms with van der Waals surface area (Å²) in [6.07, 6.45) is 9.04. The Hall–Kier alpha value is -3.18. The highest BCUT2D eigenvalue weighted by atomic mass is 14.8. The minimum atomic E-state index is 0.322. The van der Waals surface area contributed by atoms with E-state index in [0.717, 1.165) is 5.70 Å². The van der Waals surface area contributed by atoms with Crippen LogP contribution in [0, 0.1) is 65.1 Å². The highest BCUT2D eigenvalue weighted by Gasteiger charge is 1.77. The van der Waals surface area contributed by atoms with Gasteiger partial charge in [0.1, 0.15) is 0 Å². The number of nitrogens with zero attached hydrogens (tertiary/aromatic N) is 1. The standard InChI is InChI=1S/C19H12N/c1-18(2)14-10-8-6-4-3-5-7-9-11-15-19-16-12-13-17-20-19/h12-13,15-18H,1-2H3/q-1/b19-15+. The van der Waals surface area contributed by atoms with Crippen LogP contribution in [-0.2, 0) is 0 Å². The van der Waals surface area contributed by atoms with Crippen LogP contribution in [0.25, 0.3) is 5.32 Å². The molecule has 0 bridgehead atoms. The Morgan fingerprint density at radius 2 is 1.55 bits per heavy atom. The number of rotatable bonds is 0. The molecule has 1 aliphatic heterocycles. The summed E-state index contributed by atoms with van der Waals surface area (Å²) in [7, 11) is 0. The Morgan fingerprint density at radius 3 is 2.15 bits per heavy atom. The summed E-state index contributed by atoms with van der Waals surface area (Å²) >= 11 is 0. The Kier molecular flexibility index (Phi) is 7.30. The largest absolute Gasteiger partial charge is 0.664 e. The first kappa shape index (κ1) is 14.9. The summed E-state index contributed by atoms with van der Waals surface area (Å²) in [5, 5.41) is 4.10. The fourth-order valence-electron chi connectivity index (χ4n) is 0.975. The van der Waals surface area contributed by atoms with Gasteiger partial charge in [0.25, 0.3) is 0 Å². The molecule has 0 aromatic heterocycles. The van der Waals surface area contributed by atoms with Crippen LogP contribution < -0.4 is 0 Å².